The molecular weight excluding hydrogens is 841 g/mol. The van der Waals surface area contributed by atoms with Crippen LogP contribution >= 0.6 is 0 Å². The number of carboxylic acids is 1. The Balaban J connectivity index is 0.000000384. The molecule has 6 N–H and O–H groups in total. The molecule has 11 heteroatoms. The zero-order valence-corrected chi connectivity index (χ0v) is 41.4. The zero-order valence-electron chi connectivity index (χ0n) is 41.4. The number of rotatable bonds is 25. The lowest BCUT2D eigenvalue weighted by atomic mass is 9.99. The summed E-state index contributed by atoms with van der Waals surface area (Å²) >= 11 is 0. The van der Waals surface area contributed by atoms with Gasteiger partial charge in [-0.1, -0.05) is 121 Å². The average Bonchev–Trinajstić information content (AvgIpc) is 3.27. The highest BCUT2D eigenvalue weighted by Crippen LogP contribution is 2.15. The van der Waals surface area contributed by atoms with E-state index in [1.54, 1.807) is 20.8 Å². The molecule has 0 heterocycles. The Morgan fingerprint density at radius 1 is 0.493 bits per heavy atom. The first-order chi connectivity index (χ1) is 32.0. The average molecular weight is 923 g/mol. The monoisotopic (exact) mass is 923 g/mol. The van der Waals surface area contributed by atoms with Gasteiger partial charge in [-0.15, -0.1) is 0 Å². The van der Waals surface area contributed by atoms with E-state index in [1.165, 1.54) is 35.1 Å². The van der Waals surface area contributed by atoms with Crippen LogP contribution in [0.3, 0.4) is 0 Å². The molecule has 4 aromatic rings. The molecule has 0 saturated carbocycles. The van der Waals surface area contributed by atoms with Crippen molar-refractivity contribution in [3.8, 4) is 0 Å². The molecular formula is C56H82N4O7. The van der Waals surface area contributed by atoms with Crippen molar-refractivity contribution < 1.29 is 33.8 Å². The molecule has 0 atom stereocenters. The molecule has 0 aliphatic rings. The summed E-state index contributed by atoms with van der Waals surface area (Å²) in [5, 5.41) is 16.7. The zero-order chi connectivity index (χ0) is 49.2. The third-order valence-corrected chi connectivity index (χ3v) is 10.3. The Bertz CT molecular complexity index is 1810. The van der Waals surface area contributed by atoms with E-state index < -0.39 is 29.4 Å². The number of hydrogen-bond donors (Lipinski definition) is 5. The Morgan fingerprint density at radius 3 is 1.12 bits per heavy atom. The number of amides is 3. The Kier molecular flexibility index (Phi) is 28.9. The van der Waals surface area contributed by atoms with Crippen molar-refractivity contribution >= 4 is 24.1 Å². The van der Waals surface area contributed by atoms with Crippen molar-refractivity contribution in [1.29, 1.82) is 0 Å². The summed E-state index contributed by atoms with van der Waals surface area (Å²) in [6, 6.07) is 42.8. The second-order valence-corrected chi connectivity index (χ2v) is 19.0. The van der Waals surface area contributed by atoms with Gasteiger partial charge in [-0.05, 0) is 154 Å². The van der Waals surface area contributed by atoms with E-state index >= 15 is 0 Å². The summed E-state index contributed by atoms with van der Waals surface area (Å²) in [7, 11) is 0. The van der Waals surface area contributed by atoms with Gasteiger partial charge in [0.05, 0.1) is 0 Å². The first kappa shape index (κ1) is 57.4. The van der Waals surface area contributed by atoms with E-state index in [2.05, 4.69) is 125 Å². The number of carboxylic acid groups (broad SMARTS) is 1. The topological polar surface area (TPSA) is 169 Å². The smallest absolute Gasteiger partial charge is 0.407 e. The minimum atomic E-state index is -0.865. The van der Waals surface area contributed by atoms with E-state index in [9.17, 15) is 19.2 Å². The predicted octanol–water partition coefficient (Wildman–Crippen LogP) is 11.6. The third kappa shape index (κ3) is 33.4. The van der Waals surface area contributed by atoms with E-state index in [0.717, 1.165) is 64.2 Å². The van der Waals surface area contributed by atoms with Gasteiger partial charge >= 0.3 is 18.2 Å². The fourth-order valence-electron chi connectivity index (χ4n) is 7.05. The van der Waals surface area contributed by atoms with Crippen LogP contribution in [0.4, 0.5) is 9.59 Å². The molecule has 0 spiro atoms. The number of nitrogens with one attached hydrogen (secondary N) is 3. The number of carbonyl (C=O) groups is 4. The second kappa shape index (κ2) is 33.7. The van der Waals surface area contributed by atoms with Gasteiger partial charge in [-0.3, -0.25) is 9.59 Å². The van der Waals surface area contributed by atoms with Crippen LogP contribution in [-0.2, 0) is 44.7 Å². The maximum Gasteiger partial charge on any atom is 0.407 e. The normalized spacial score (nSPS) is 11.1. The first-order valence-corrected chi connectivity index (χ1v) is 24.3. The van der Waals surface area contributed by atoms with Gasteiger partial charge in [0.2, 0.25) is 5.91 Å². The van der Waals surface area contributed by atoms with Crippen molar-refractivity contribution in [1.82, 2.24) is 16.0 Å². The molecule has 0 aliphatic carbocycles. The molecule has 67 heavy (non-hydrogen) atoms. The molecule has 0 aromatic heterocycles. The number of carbonyl (C=O) groups excluding carboxylic acids is 3. The standard InChI is InChI=1S/C28H40N2O3.C19H25N.C9H17NO4/c1-28(2,3)33-27(32)29-22-12-21-26(31)30-25(19-10-17-23-13-6-4-7-14-23)20-11-18-24-15-8-5-9-16-24;20-19(15-7-13-17-9-3-1-4-10-17)16-8-14-18-11-5-2-6-12-18;1-9(2,3)14-8(13)10-6-4-5-7(11)12/h4-9,13-16,25H,10-12,17-22H2,1-3H3,(H,29,32)(H,30,31);1-6,9-12,19H,7-8,13-16,20H2;4-6H2,1-3H3,(H,10,13)(H,11,12). The van der Waals surface area contributed by atoms with Gasteiger partial charge < -0.3 is 36.3 Å². The van der Waals surface area contributed by atoms with Crippen LogP contribution in [-0.4, -0.2) is 65.5 Å². The fourth-order valence-corrected chi connectivity index (χ4v) is 7.05. The number of aliphatic carboxylic acids is 1. The van der Waals surface area contributed by atoms with Gasteiger partial charge in [-0.2, -0.15) is 0 Å². The fraction of sp³-hybridized carbons (Fsp3) is 0.500. The predicted molar refractivity (Wildman–Crippen MR) is 272 cm³/mol. The van der Waals surface area contributed by atoms with Crippen LogP contribution in [0.15, 0.2) is 121 Å². The largest absolute Gasteiger partial charge is 0.481 e. The molecule has 0 fully saturated rings. The second-order valence-electron chi connectivity index (χ2n) is 19.0. The first-order valence-electron chi connectivity index (χ1n) is 24.3. The minimum absolute atomic E-state index is 0.0467. The molecule has 0 unspecified atom stereocenters. The van der Waals surface area contributed by atoms with Gasteiger partial charge in [0.1, 0.15) is 11.2 Å². The van der Waals surface area contributed by atoms with Crippen molar-refractivity contribution in [2.45, 2.75) is 168 Å². The Morgan fingerprint density at radius 2 is 0.806 bits per heavy atom. The number of ether oxygens (including phenoxy) is 2. The maximum atomic E-state index is 12.5. The van der Waals surface area contributed by atoms with Crippen molar-refractivity contribution in [2.24, 2.45) is 5.73 Å². The molecule has 11 nitrogen and oxygen atoms in total. The van der Waals surface area contributed by atoms with Crippen LogP contribution in [0.5, 0.6) is 0 Å². The lowest BCUT2D eigenvalue weighted by Gasteiger charge is -2.20. The third-order valence-electron chi connectivity index (χ3n) is 10.3. The minimum Gasteiger partial charge on any atom is -0.481 e. The molecule has 0 radical (unpaired) electrons. The van der Waals surface area contributed by atoms with Crippen molar-refractivity contribution in [3.63, 3.8) is 0 Å². The number of hydrogen-bond acceptors (Lipinski definition) is 7. The van der Waals surface area contributed by atoms with Gasteiger partial charge in [-0.25, -0.2) is 9.59 Å². The van der Waals surface area contributed by atoms with Crippen LogP contribution in [0.2, 0.25) is 0 Å². The highest BCUT2D eigenvalue weighted by Gasteiger charge is 2.17. The highest BCUT2D eigenvalue weighted by atomic mass is 16.6. The van der Waals surface area contributed by atoms with E-state index in [-0.39, 0.29) is 18.4 Å². The Hall–Kier alpha value is -5.68. The molecule has 0 saturated heterocycles. The summed E-state index contributed by atoms with van der Waals surface area (Å²) in [6.45, 7) is 11.5. The van der Waals surface area contributed by atoms with Crippen LogP contribution in [0.1, 0.15) is 141 Å². The molecule has 368 valence electrons. The molecule has 0 bridgehead atoms. The summed E-state index contributed by atoms with van der Waals surface area (Å²) < 4.78 is 10.2. The lowest BCUT2D eigenvalue weighted by molar-refractivity contribution is -0.137. The van der Waals surface area contributed by atoms with Gasteiger partial charge in [0.15, 0.2) is 0 Å². The van der Waals surface area contributed by atoms with Crippen LogP contribution in [0.25, 0.3) is 0 Å². The number of aryl methyl sites for hydroxylation is 4. The molecule has 3 amide bonds. The highest BCUT2D eigenvalue weighted by molar-refractivity contribution is 5.76. The summed E-state index contributed by atoms with van der Waals surface area (Å²) in [5.41, 5.74) is 10.7. The Labute approximate surface area is 402 Å². The lowest BCUT2D eigenvalue weighted by Crippen LogP contribution is -2.36. The number of nitrogens with two attached hydrogens (primary N) is 1. The van der Waals surface area contributed by atoms with E-state index in [0.29, 0.717) is 38.4 Å². The maximum absolute atomic E-state index is 12.5. The SMILES string of the molecule is CC(C)(C)OC(=O)NCCCC(=O)NC(CCCc1ccccc1)CCCc1ccccc1.CC(C)(C)OC(=O)NCCCC(=O)O.NC(CCCc1ccccc1)CCCc1ccccc1. The quantitative estimate of drug-likeness (QED) is 0.0409. The molecule has 4 aromatic carbocycles. The molecule has 4 rings (SSSR count). The molecule has 0 aliphatic heterocycles. The van der Waals surface area contributed by atoms with Crippen molar-refractivity contribution in [2.75, 3.05) is 13.1 Å². The van der Waals surface area contributed by atoms with Gasteiger partial charge in [0, 0.05) is 38.0 Å². The van der Waals surface area contributed by atoms with Crippen LogP contribution < -0.4 is 21.7 Å². The number of benzene rings is 4. The summed E-state index contributed by atoms with van der Waals surface area (Å²) in [5.74, 6) is -0.818. The number of alkyl carbamates (subject to hydrolysis) is 2. The van der Waals surface area contributed by atoms with Crippen molar-refractivity contribution in [3.05, 3.63) is 144 Å². The summed E-state index contributed by atoms with van der Waals surface area (Å²) in [6.07, 6.45) is 13.5. The summed E-state index contributed by atoms with van der Waals surface area (Å²) in [4.78, 5) is 45.4. The van der Waals surface area contributed by atoms with E-state index in [1.807, 2.05) is 32.9 Å². The van der Waals surface area contributed by atoms with Gasteiger partial charge in [0.25, 0.3) is 0 Å². The van der Waals surface area contributed by atoms with Crippen LogP contribution in [0, 0.1) is 0 Å². The van der Waals surface area contributed by atoms with E-state index in [4.69, 9.17) is 20.3 Å².